The van der Waals surface area contributed by atoms with Crippen LogP contribution in [0.15, 0.2) is 30.5 Å². The first-order valence-electron chi connectivity index (χ1n) is 7.64. The Morgan fingerprint density at radius 2 is 2.05 bits per heavy atom. The maximum atomic E-state index is 13.3. The van der Waals surface area contributed by atoms with Crippen LogP contribution in [0.5, 0.6) is 0 Å². The molecular formula is C17H22FN3O. The van der Waals surface area contributed by atoms with Gasteiger partial charge in [-0.25, -0.2) is 4.39 Å². The van der Waals surface area contributed by atoms with Crippen LogP contribution in [0.25, 0.3) is 10.9 Å². The zero-order valence-electron chi connectivity index (χ0n) is 13.1. The zero-order valence-corrected chi connectivity index (χ0v) is 13.1. The zero-order chi connectivity index (χ0) is 15.6. The number of rotatable bonds is 4. The molecule has 1 fully saturated rings. The Labute approximate surface area is 130 Å². The van der Waals surface area contributed by atoms with Crippen molar-refractivity contribution in [3.63, 3.8) is 0 Å². The minimum atomic E-state index is -0.258. The van der Waals surface area contributed by atoms with E-state index in [1.807, 2.05) is 6.07 Å². The molecule has 0 spiro atoms. The lowest BCUT2D eigenvalue weighted by atomic mass is 9.88. The van der Waals surface area contributed by atoms with Crippen molar-refractivity contribution in [1.82, 2.24) is 9.88 Å². The quantitative estimate of drug-likeness (QED) is 0.942. The van der Waals surface area contributed by atoms with Crippen LogP contribution in [0.1, 0.15) is 12.8 Å². The van der Waals surface area contributed by atoms with Crippen LogP contribution < -0.4 is 5.32 Å². The number of halogens is 1. The second-order valence-corrected chi connectivity index (χ2v) is 6.10. The molecule has 0 aliphatic carbocycles. The fraction of sp³-hybridized carbons (Fsp3) is 0.471. The first-order valence-corrected chi connectivity index (χ1v) is 7.64. The molecule has 0 atom stereocenters. The summed E-state index contributed by atoms with van der Waals surface area (Å²) >= 11 is 0. The Hall–Kier alpha value is -1.72. The molecule has 4 nitrogen and oxygen atoms in total. The lowest BCUT2D eigenvalue weighted by Gasteiger charge is -2.43. The van der Waals surface area contributed by atoms with Gasteiger partial charge >= 0.3 is 0 Å². The van der Waals surface area contributed by atoms with Gasteiger partial charge in [0.2, 0.25) is 0 Å². The first kappa shape index (κ1) is 15.2. The Morgan fingerprint density at radius 1 is 1.27 bits per heavy atom. The number of aromatic nitrogens is 1. The predicted molar refractivity (Wildman–Crippen MR) is 86.7 cm³/mol. The molecular weight excluding hydrogens is 281 g/mol. The Balaban J connectivity index is 1.83. The van der Waals surface area contributed by atoms with E-state index < -0.39 is 0 Å². The second-order valence-electron chi connectivity index (χ2n) is 6.10. The third kappa shape index (κ3) is 2.91. The van der Waals surface area contributed by atoms with Gasteiger partial charge in [0.05, 0.1) is 5.52 Å². The molecule has 3 rings (SSSR count). The van der Waals surface area contributed by atoms with Crippen LogP contribution in [0.3, 0.4) is 0 Å². The largest absolute Gasteiger partial charge is 0.383 e. The van der Waals surface area contributed by atoms with E-state index in [4.69, 9.17) is 4.74 Å². The topological polar surface area (TPSA) is 37.4 Å². The van der Waals surface area contributed by atoms with Crippen LogP contribution >= 0.6 is 0 Å². The van der Waals surface area contributed by atoms with Crippen molar-refractivity contribution < 1.29 is 9.13 Å². The molecule has 5 heteroatoms. The average molecular weight is 303 g/mol. The van der Waals surface area contributed by atoms with Crippen LogP contribution in [0.2, 0.25) is 0 Å². The van der Waals surface area contributed by atoms with Crippen LogP contribution in [-0.2, 0) is 4.74 Å². The molecule has 1 N–H and O–H groups in total. The molecule has 1 saturated heterocycles. The molecule has 0 saturated carbocycles. The average Bonchev–Trinajstić information content (AvgIpc) is 2.53. The normalized spacial score (nSPS) is 17.8. The molecule has 118 valence electrons. The standard InChI is InChI=1S/C17H22FN3O/c1-21(2)17(6-9-22-10-7-17)12-20-15-5-8-19-16-11-13(18)3-4-14(15)16/h3-5,8,11H,6-7,9-10,12H2,1-2H3,(H,19,20). The summed E-state index contributed by atoms with van der Waals surface area (Å²) in [6.45, 7) is 2.42. The van der Waals surface area contributed by atoms with Crippen molar-refractivity contribution in [2.75, 3.05) is 39.2 Å². The molecule has 2 heterocycles. The van der Waals surface area contributed by atoms with Crippen molar-refractivity contribution in [2.45, 2.75) is 18.4 Å². The molecule has 0 amide bonds. The fourth-order valence-electron chi connectivity index (χ4n) is 3.07. The number of anilines is 1. The number of pyridine rings is 1. The SMILES string of the molecule is CN(C)C1(CNc2ccnc3cc(F)ccc23)CCOCC1. The van der Waals surface area contributed by atoms with E-state index in [0.717, 1.165) is 43.7 Å². The van der Waals surface area contributed by atoms with Gasteiger partial charge in [0.15, 0.2) is 0 Å². The Bertz CT molecular complexity index is 653. The van der Waals surface area contributed by atoms with Gasteiger partial charge in [-0.15, -0.1) is 0 Å². The van der Waals surface area contributed by atoms with Crippen molar-refractivity contribution in [3.8, 4) is 0 Å². The van der Waals surface area contributed by atoms with Gasteiger partial charge in [0.25, 0.3) is 0 Å². The first-order chi connectivity index (χ1) is 10.6. The minimum absolute atomic E-state index is 0.0911. The smallest absolute Gasteiger partial charge is 0.125 e. The van der Waals surface area contributed by atoms with Gasteiger partial charge < -0.3 is 15.0 Å². The van der Waals surface area contributed by atoms with Gasteiger partial charge in [0, 0.05) is 48.6 Å². The highest BCUT2D eigenvalue weighted by atomic mass is 19.1. The maximum Gasteiger partial charge on any atom is 0.125 e. The second kappa shape index (κ2) is 6.18. The summed E-state index contributed by atoms with van der Waals surface area (Å²) in [6.07, 6.45) is 3.73. The number of hydrogen-bond acceptors (Lipinski definition) is 4. The van der Waals surface area contributed by atoms with E-state index in [0.29, 0.717) is 5.52 Å². The van der Waals surface area contributed by atoms with E-state index in [2.05, 4.69) is 29.3 Å². The molecule has 1 aromatic carbocycles. The van der Waals surface area contributed by atoms with Crippen molar-refractivity contribution in [1.29, 1.82) is 0 Å². The number of nitrogens with zero attached hydrogens (tertiary/aromatic N) is 2. The number of likely N-dealkylation sites (N-methyl/N-ethyl adjacent to an activating group) is 1. The Kier molecular flexibility index (Phi) is 4.27. The summed E-state index contributed by atoms with van der Waals surface area (Å²) in [5.74, 6) is -0.258. The van der Waals surface area contributed by atoms with E-state index in [-0.39, 0.29) is 11.4 Å². The number of fused-ring (bicyclic) bond motifs is 1. The van der Waals surface area contributed by atoms with Crippen LogP contribution in [0.4, 0.5) is 10.1 Å². The number of hydrogen-bond donors (Lipinski definition) is 1. The lowest BCUT2D eigenvalue weighted by Crippen LogP contribution is -2.53. The summed E-state index contributed by atoms with van der Waals surface area (Å²) in [5, 5.41) is 4.49. The number of ether oxygens (including phenoxy) is 1. The minimum Gasteiger partial charge on any atom is -0.383 e. The van der Waals surface area contributed by atoms with Gasteiger partial charge in [-0.3, -0.25) is 4.98 Å². The van der Waals surface area contributed by atoms with Gasteiger partial charge in [-0.2, -0.15) is 0 Å². The highest BCUT2D eigenvalue weighted by Crippen LogP contribution is 2.28. The maximum absolute atomic E-state index is 13.3. The van der Waals surface area contributed by atoms with Crippen LogP contribution in [0, 0.1) is 5.82 Å². The predicted octanol–water partition coefficient (Wildman–Crippen LogP) is 2.90. The molecule has 1 aliphatic heterocycles. The molecule has 0 radical (unpaired) electrons. The monoisotopic (exact) mass is 303 g/mol. The van der Waals surface area contributed by atoms with Crippen molar-refractivity contribution in [3.05, 3.63) is 36.3 Å². The molecule has 1 aliphatic rings. The summed E-state index contributed by atoms with van der Waals surface area (Å²) in [4.78, 5) is 6.52. The van der Waals surface area contributed by atoms with E-state index in [9.17, 15) is 4.39 Å². The molecule has 2 aromatic rings. The van der Waals surface area contributed by atoms with Gasteiger partial charge in [-0.1, -0.05) is 0 Å². The van der Waals surface area contributed by atoms with E-state index >= 15 is 0 Å². The summed E-state index contributed by atoms with van der Waals surface area (Å²) in [6, 6.07) is 6.68. The highest BCUT2D eigenvalue weighted by molar-refractivity contribution is 5.90. The Morgan fingerprint density at radius 3 is 2.77 bits per heavy atom. The van der Waals surface area contributed by atoms with E-state index in [1.54, 1.807) is 12.3 Å². The highest BCUT2D eigenvalue weighted by Gasteiger charge is 2.34. The van der Waals surface area contributed by atoms with Crippen LogP contribution in [-0.4, -0.2) is 49.3 Å². The summed E-state index contributed by atoms with van der Waals surface area (Å²) in [7, 11) is 4.24. The number of nitrogens with one attached hydrogen (secondary N) is 1. The molecule has 22 heavy (non-hydrogen) atoms. The van der Waals surface area contributed by atoms with Crippen molar-refractivity contribution >= 4 is 16.6 Å². The van der Waals surface area contributed by atoms with Crippen molar-refractivity contribution in [2.24, 2.45) is 0 Å². The summed E-state index contributed by atoms with van der Waals surface area (Å²) in [5.41, 5.74) is 1.77. The molecule has 1 aromatic heterocycles. The molecule has 0 bridgehead atoms. The van der Waals surface area contributed by atoms with Gasteiger partial charge in [-0.05, 0) is 45.1 Å². The van der Waals surface area contributed by atoms with Gasteiger partial charge in [0.1, 0.15) is 5.82 Å². The third-order valence-corrected chi connectivity index (χ3v) is 4.68. The molecule has 0 unspecified atom stereocenters. The fourth-order valence-corrected chi connectivity index (χ4v) is 3.07. The summed E-state index contributed by atoms with van der Waals surface area (Å²) < 4.78 is 18.8. The third-order valence-electron chi connectivity index (χ3n) is 4.68. The number of benzene rings is 1. The lowest BCUT2D eigenvalue weighted by molar-refractivity contribution is -0.000615. The van der Waals surface area contributed by atoms with E-state index in [1.165, 1.54) is 12.1 Å².